The Bertz CT molecular complexity index is 1850. The van der Waals surface area contributed by atoms with E-state index >= 15 is 0 Å². The van der Waals surface area contributed by atoms with Crippen molar-refractivity contribution in [2.45, 2.75) is 31.1 Å². The quantitative estimate of drug-likeness (QED) is 0.211. The fourth-order valence-electron chi connectivity index (χ4n) is 5.27. The molecule has 1 saturated heterocycles. The van der Waals surface area contributed by atoms with Gasteiger partial charge >= 0.3 is 0 Å². The van der Waals surface area contributed by atoms with Gasteiger partial charge in [-0.05, 0) is 92.2 Å². The summed E-state index contributed by atoms with van der Waals surface area (Å²) in [5.41, 5.74) is 4.48. The average molecular weight is 611 g/mol. The molecule has 5 aromatic rings. The van der Waals surface area contributed by atoms with Crippen molar-refractivity contribution >= 4 is 33.0 Å². The molecule has 0 saturated carbocycles. The van der Waals surface area contributed by atoms with Gasteiger partial charge in [0.05, 0.1) is 10.6 Å². The zero-order valence-corrected chi connectivity index (χ0v) is 25.3. The van der Waals surface area contributed by atoms with Crippen molar-refractivity contribution in [1.29, 1.82) is 0 Å². The average Bonchev–Trinajstić information content (AvgIpc) is 3.68. The summed E-state index contributed by atoms with van der Waals surface area (Å²) >= 11 is 0. The highest BCUT2D eigenvalue weighted by molar-refractivity contribution is 7.92. The number of nitrogens with zero attached hydrogens (tertiary/aromatic N) is 4. The second-order valence-electron chi connectivity index (χ2n) is 10.8. The molecular weight excluding hydrogens is 576 g/mol. The summed E-state index contributed by atoms with van der Waals surface area (Å²) in [6.45, 7) is 5.39. The molecule has 44 heavy (non-hydrogen) atoms. The fourth-order valence-corrected chi connectivity index (χ4v) is 6.33. The molecule has 0 unspecified atom stereocenters. The van der Waals surface area contributed by atoms with Crippen LogP contribution in [0.25, 0.3) is 16.9 Å². The van der Waals surface area contributed by atoms with Gasteiger partial charge in [-0.3, -0.25) is 14.4 Å². The van der Waals surface area contributed by atoms with E-state index < -0.39 is 10.0 Å². The van der Waals surface area contributed by atoms with E-state index in [1.54, 1.807) is 28.8 Å². The van der Waals surface area contributed by atoms with E-state index in [4.69, 9.17) is 14.8 Å². The van der Waals surface area contributed by atoms with E-state index in [0.29, 0.717) is 30.2 Å². The first-order chi connectivity index (χ1) is 21.3. The monoisotopic (exact) mass is 610 g/mol. The van der Waals surface area contributed by atoms with Crippen LogP contribution in [0.1, 0.15) is 31.2 Å². The Kier molecular flexibility index (Phi) is 8.58. The molecule has 1 aliphatic heterocycles. The number of carbonyl (C=O) groups excluding carboxylic acids is 1. The Balaban J connectivity index is 1.11. The minimum atomic E-state index is -3.81. The molecule has 0 atom stereocenters. The van der Waals surface area contributed by atoms with Gasteiger partial charge in [-0.15, -0.1) is 0 Å². The van der Waals surface area contributed by atoms with Crippen molar-refractivity contribution < 1.29 is 17.9 Å². The Hall–Kier alpha value is -4.74. The maximum absolute atomic E-state index is 12.9. The smallest absolute Gasteiger partial charge is 0.261 e. The molecule has 1 amide bonds. The van der Waals surface area contributed by atoms with Gasteiger partial charge in [-0.2, -0.15) is 5.10 Å². The zero-order chi connectivity index (χ0) is 30.5. The third-order valence-electron chi connectivity index (χ3n) is 7.48. The highest BCUT2D eigenvalue weighted by Gasteiger charge is 2.16. The lowest BCUT2D eigenvalue weighted by atomic mass is 10.1. The fraction of sp³-hybridized carbons (Fsp3) is 0.242. The van der Waals surface area contributed by atoms with Crippen molar-refractivity contribution in [1.82, 2.24) is 19.5 Å². The van der Waals surface area contributed by atoms with Crippen LogP contribution in [0.3, 0.4) is 0 Å². The highest BCUT2D eigenvalue weighted by atomic mass is 32.2. The summed E-state index contributed by atoms with van der Waals surface area (Å²) in [5, 5.41) is 7.40. The molecule has 0 bridgehead atoms. The number of pyridine rings is 1. The van der Waals surface area contributed by atoms with Crippen LogP contribution in [-0.2, 0) is 21.2 Å². The van der Waals surface area contributed by atoms with Gasteiger partial charge in [0, 0.05) is 36.8 Å². The van der Waals surface area contributed by atoms with Crippen molar-refractivity contribution in [3.63, 3.8) is 0 Å². The Morgan fingerprint density at radius 1 is 0.886 bits per heavy atom. The molecule has 2 N–H and O–H groups in total. The summed E-state index contributed by atoms with van der Waals surface area (Å²) in [6, 6.07) is 27.0. The molecule has 226 valence electrons. The van der Waals surface area contributed by atoms with Gasteiger partial charge in [-0.25, -0.2) is 17.9 Å². The zero-order valence-electron chi connectivity index (χ0n) is 24.4. The van der Waals surface area contributed by atoms with E-state index in [2.05, 4.69) is 27.1 Å². The first-order valence-corrected chi connectivity index (χ1v) is 16.1. The van der Waals surface area contributed by atoms with E-state index in [0.717, 1.165) is 34.8 Å². The van der Waals surface area contributed by atoms with E-state index in [1.165, 1.54) is 45.0 Å². The van der Waals surface area contributed by atoms with Crippen LogP contribution in [0.4, 0.5) is 11.4 Å². The number of fused-ring (bicyclic) bond motifs is 1. The van der Waals surface area contributed by atoms with Gasteiger partial charge in [-0.1, -0.05) is 30.3 Å². The van der Waals surface area contributed by atoms with Crippen LogP contribution in [0.5, 0.6) is 5.75 Å². The van der Waals surface area contributed by atoms with Crippen LogP contribution in [-0.4, -0.2) is 60.1 Å². The lowest BCUT2D eigenvalue weighted by Gasteiger charge is -2.14. The SMILES string of the molecule is CC(=O)Nc1ccc(S(=O)(=O)Nc2ccc(-c3cccc4nc(Cc5ccc(OCCN6CCCC6)cc5)nn34)cc2)cc1. The highest BCUT2D eigenvalue weighted by Crippen LogP contribution is 2.25. The molecule has 3 heterocycles. The molecular formula is C33H34N6O4S. The minimum absolute atomic E-state index is 0.0928. The Labute approximate surface area is 256 Å². The maximum Gasteiger partial charge on any atom is 0.261 e. The summed E-state index contributed by atoms with van der Waals surface area (Å²) in [4.78, 5) is 18.5. The molecule has 1 aliphatic rings. The molecule has 0 aliphatic carbocycles. The topological polar surface area (TPSA) is 118 Å². The van der Waals surface area contributed by atoms with Crippen LogP contribution in [0.15, 0.2) is 95.9 Å². The number of benzene rings is 3. The number of anilines is 2. The third kappa shape index (κ3) is 7.07. The normalized spacial score (nSPS) is 13.7. The number of likely N-dealkylation sites (tertiary alicyclic amines) is 1. The number of nitrogens with one attached hydrogen (secondary N) is 2. The third-order valence-corrected chi connectivity index (χ3v) is 8.88. The number of hydrogen-bond acceptors (Lipinski definition) is 7. The van der Waals surface area contributed by atoms with E-state index in [-0.39, 0.29) is 10.8 Å². The summed E-state index contributed by atoms with van der Waals surface area (Å²) in [6.07, 6.45) is 3.15. The van der Waals surface area contributed by atoms with Crippen molar-refractivity contribution in [3.8, 4) is 17.0 Å². The molecule has 2 aromatic heterocycles. The lowest BCUT2D eigenvalue weighted by Crippen LogP contribution is -2.25. The predicted molar refractivity (Wildman–Crippen MR) is 170 cm³/mol. The van der Waals surface area contributed by atoms with Crippen LogP contribution in [0, 0.1) is 0 Å². The largest absolute Gasteiger partial charge is 0.492 e. The molecule has 0 radical (unpaired) electrons. The Morgan fingerprint density at radius 3 is 2.30 bits per heavy atom. The predicted octanol–water partition coefficient (Wildman–Crippen LogP) is 5.22. The molecule has 1 fully saturated rings. The van der Waals surface area contributed by atoms with Crippen molar-refractivity contribution in [2.24, 2.45) is 0 Å². The second kappa shape index (κ2) is 12.9. The van der Waals surface area contributed by atoms with Gasteiger partial charge in [0.15, 0.2) is 11.5 Å². The van der Waals surface area contributed by atoms with Gasteiger partial charge < -0.3 is 10.1 Å². The number of amides is 1. The first kappa shape index (κ1) is 29.3. The molecule has 10 nitrogen and oxygen atoms in total. The van der Waals surface area contributed by atoms with Gasteiger partial charge in [0.1, 0.15) is 12.4 Å². The number of ether oxygens (including phenoxy) is 1. The van der Waals surface area contributed by atoms with Crippen molar-refractivity contribution in [2.75, 3.05) is 36.3 Å². The summed E-state index contributed by atoms with van der Waals surface area (Å²) in [5.74, 6) is 1.34. The molecule has 6 rings (SSSR count). The molecule has 11 heteroatoms. The number of aromatic nitrogens is 3. The molecule has 0 spiro atoms. The van der Waals surface area contributed by atoms with Crippen molar-refractivity contribution in [3.05, 3.63) is 102 Å². The number of hydrogen-bond donors (Lipinski definition) is 2. The van der Waals surface area contributed by atoms with E-state index in [9.17, 15) is 13.2 Å². The maximum atomic E-state index is 12.9. The lowest BCUT2D eigenvalue weighted by molar-refractivity contribution is -0.114. The van der Waals surface area contributed by atoms with Gasteiger partial charge in [0.2, 0.25) is 5.91 Å². The number of sulfonamides is 1. The molecule has 3 aromatic carbocycles. The number of rotatable bonds is 11. The second-order valence-corrected chi connectivity index (χ2v) is 12.5. The van der Waals surface area contributed by atoms with Gasteiger partial charge in [0.25, 0.3) is 10.0 Å². The van der Waals surface area contributed by atoms with Crippen LogP contribution >= 0.6 is 0 Å². The summed E-state index contributed by atoms with van der Waals surface area (Å²) in [7, 11) is -3.81. The van der Waals surface area contributed by atoms with Crippen LogP contribution < -0.4 is 14.8 Å². The standard InChI is InChI=1S/C33H34N6O4S/c1-24(40)34-27-13-17-30(18-14-27)44(41,42)37-28-11-9-26(10-12-28)31-5-4-6-33-35-32(36-39(31)33)23-25-7-15-29(16-8-25)43-22-21-38-19-2-3-20-38/h4-18,37H,2-3,19-23H2,1H3,(H,34,40). The Morgan fingerprint density at radius 2 is 1.59 bits per heavy atom. The van der Waals surface area contributed by atoms with E-state index in [1.807, 2.05) is 42.5 Å². The van der Waals surface area contributed by atoms with Crippen LogP contribution in [0.2, 0.25) is 0 Å². The number of carbonyl (C=O) groups is 1. The summed E-state index contributed by atoms with van der Waals surface area (Å²) < 4.78 is 36.2. The first-order valence-electron chi connectivity index (χ1n) is 14.6. The minimum Gasteiger partial charge on any atom is -0.492 e.